The van der Waals surface area contributed by atoms with E-state index in [1.165, 1.54) is 4.31 Å². The predicted octanol–water partition coefficient (Wildman–Crippen LogP) is 3.99. The van der Waals surface area contributed by atoms with Gasteiger partial charge in [0.25, 0.3) is 10.0 Å². The third kappa shape index (κ3) is 2.86. The lowest BCUT2D eigenvalue weighted by Gasteiger charge is -2.23. The van der Waals surface area contributed by atoms with Gasteiger partial charge >= 0.3 is 0 Å². The van der Waals surface area contributed by atoms with Crippen LogP contribution in [0, 0.1) is 13.8 Å². The number of benzene rings is 2. The van der Waals surface area contributed by atoms with Crippen molar-refractivity contribution in [3.63, 3.8) is 0 Å². The molecule has 0 unspecified atom stereocenters. The van der Waals surface area contributed by atoms with Crippen molar-refractivity contribution in [2.24, 2.45) is 0 Å². The van der Waals surface area contributed by atoms with Gasteiger partial charge in [-0.2, -0.15) is 0 Å². The molecule has 0 atom stereocenters. The van der Waals surface area contributed by atoms with Crippen molar-refractivity contribution < 1.29 is 8.42 Å². The van der Waals surface area contributed by atoms with Crippen LogP contribution in [0.2, 0.25) is 0 Å². The second kappa shape index (κ2) is 6.77. The van der Waals surface area contributed by atoms with Gasteiger partial charge in [-0.05, 0) is 62.9 Å². The van der Waals surface area contributed by atoms with E-state index in [2.05, 4.69) is 10.2 Å². The fourth-order valence-corrected chi connectivity index (χ4v) is 5.64. The molecule has 1 fully saturated rings. The molecule has 0 radical (unpaired) electrons. The highest BCUT2D eigenvalue weighted by Gasteiger charge is 2.33. The Morgan fingerprint density at radius 1 is 1.10 bits per heavy atom. The van der Waals surface area contributed by atoms with Crippen LogP contribution in [0.1, 0.15) is 42.6 Å². The number of para-hydroxylation sites is 2. The van der Waals surface area contributed by atoms with E-state index < -0.39 is 10.0 Å². The molecule has 5 rings (SSSR count). The first kappa shape index (κ1) is 19.0. The van der Waals surface area contributed by atoms with Gasteiger partial charge in [0.15, 0.2) is 5.82 Å². The Labute approximate surface area is 175 Å². The zero-order valence-electron chi connectivity index (χ0n) is 17.2. The summed E-state index contributed by atoms with van der Waals surface area (Å²) in [5.41, 5.74) is 3.69. The summed E-state index contributed by atoms with van der Waals surface area (Å²) in [5, 5.41) is 8.81. The Morgan fingerprint density at radius 3 is 2.60 bits per heavy atom. The van der Waals surface area contributed by atoms with Crippen molar-refractivity contribution in [1.82, 2.24) is 19.6 Å². The molecule has 0 N–H and O–H groups in total. The van der Waals surface area contributed by atoms with Gasteiger partial charge in [-0.25, -0.2) is 17.7 Å². The van der Waals surface area contributed by atoms with Crippen LogP contribution in [0.3, 0.4) is 0 Å². The number of sulfonamides is 1. The minimum absolute atomic E-state index is 0.238. The Balaban J connectivity index is 1.79. The molecular weight excluding hydrogens is 398 g/mol. The number of nitrogens with zero attached hydrogens (tertiary/aromatic N) is 5. The highest BCUT2D eigenvalue weighted by molar-refractivity contribution is 7.92. The zero-order chi connectivity index (χ0) is 21.0. The van der Waals surface area contributed by atoms with E-state index >= 15 is 0 Å². The van der Waals surface area contributed by atoms with Gasteiger partial charge < -0.3 is 0 Å². The highest BCUT2D eigenvalue weighted by Crippen LogP contribution is 2.41. The summed E-state index contributed by atoms with van der Waals surface area (Å²) >= 11 is 0. The zero-order valence-corrected chi connectivity index (χ0v) is 18.0. The molecule has 1 aliphatic carbocycles. The second-order valence-electron chi connectivity index (χ2n) is 7.85. The summed E-state index contributed by atoms with van der Waals surface area (Å²) in [4.78, 5) is 5.03. The molecule has 4 aromatic rings. The quantitative estimate of drug-likeness (QED) is 0.487. The average molecular weight is 422 g/mol. The molecule has 0 saturated heterocycles. The number of aromatic nitrogens is 4. The van der Waals surface area contributed by atoms with Gasteiger partial charge in [0, 0.05) is 12.5 Å². The number of rotatable bonds is 5. The first-order valence-electron chi connectivity index (χ1n) is 10.2. The van der Waals surface area contributed by atoms with Crippen LogP contribution in [0.15, 0.2) is 47.4 Å². The number of hydrogen-bond acceptors (Lipinski definition) is 5. The molecule has 7 nitrogen and oxygen atoms in total. The van der Waals surface area contributed by atoms with Crippen LogP contribution in [0.5, 0.6) is 0 Å². The number of fused-ring (bicyclic) bond motifs is 3. The van der Waals surface area contributed by atoms with Crippen LogP contribution < -0.4 is 4.31 Å². The molecule has 30 heavy (non-hydrogen) atoms. The smallest absolute Gasteiger partial charge is 0.265 e. The van der Waals surface area contributed by atoms with Crippen molar-refractivity contribution in [2.75, 3.05) is 10.8 Å². The first-order valence-corrected chi connectivity index (χ1v) is 11.6. The topological polar surface area (TPSA) is 80.5 Å². The molecule has 0 aliphatic heterocycles. The predicted molar refractivity (Wildman–Crippen MR) is 116 cm³/mol. The van der Waals surface area contributed by atoms with Crippen LogP contribution in [-0.2, 0) is 10.0 Å². The van der Waals surface area contributed by atoms with Crippen LogP contribution in [-0.4, -0.2) is 34.5 Å². The van der Waals surface area contributed by atoms with E-state index in [0.29, 0.717) is 27.8 Å². The minimum atomic E-state index is -3.82. The van der Waals surface area contributed by atoms with Gasteiger partial charge in [-0.1, -0.05) is 24.3 Å². The first-order chi connectivity index (χ1) is 14.4. The SMILES string of the molecule is CCN(c1nc2ccccc2n2c(C3CC3)nnc12)S(=O)(=O)c1cc(C)ccc1C. The Bertz CT molecular complexity index is 1390. The lowest BCUT2D eigenvalue weighted by molar-refractivity contribution is 0.590. The maximum Gasteiger partial charge on any atom is 0.265 e. The molecule has 154 valence electrons. The van der Waals surface area contributed by atoms with Gasteiger partial charge in [-0.15, -0.1) is 10.2 Å². The standard InChI is InChI=1S/C22H23N5O2S/c1-4-26(30(28,29)19-13-14(2)9-10-15(19)3)21-22-25-24-20(16-11-12-16)27(22)18-8-6-5-7-17(18)23-21/h5-10,13,16H,4,11-12H2,1-3H3. The largest absolute Gasteiger partial charge is 0.274 e. The molecule has 0 spiro atoms. The van der Waals surface area contributed by atoms with Gasteiger partial charge in [0.2, 0.25) is 5.65 Å². The summed E-state index contributed by atoms with van der Waals surface area (Å²) in [6.45, 7) is 5.75. The maximum atomic E-state index is 13.7. The van der Waals surface area contributed by atoms with E-state index in [1.807, 2.05) is 61.6 Å². The van der Waals surface area contributed by atoms with E-state index in [0.717, 1.165) is 35.3 Å². The van der Waals surface area contributed by atoms with Gasteiger partial charge in [0.1, 0.15) is 5.82 Å². The van der Waals surface area contributed by atoms with E-state index in [9.17, 15) is 8.42 Å². The monoisotopic (exact) mass is 421 g/mol. The van der Waals surface area contributed by atoms with Crippen molar-refractivity contribution in [1.29, 1.82) is 0 Å². The molecule has 2 heterocycles. The van der Waals surface area contributed by atoms with Crippen LogP contribution in [0.4, 0.5) is 5.82 Å². The Hall–Kier alpha value is -3.00. The molecule has 0 bridgehead atoms. The molecule has 8 heteroatoms. The number of hydrogen-bond donors (Lipinski definition) is 0. The Morgan fingerprint density at radius 2 is 1.87 bits per heavy atom. The minimum Gasteiger partial charge on any atom is -0.274 e. The van der Waals surface area contributed by atoms with Crippen LogP contribution in [0.25, 0.3) is 16.7 Å². The summed E-state index contributed by atoms with van der Waals surface area (Å²) in [7, 11) is -3.82. The third-order valence-electron chi connectivity index (χ3n) is 5.61. The van der Waals surface area contributed by atoms with E-state index in [-0.39, 0.29) is 6.54 Å². The van der Waals surface area contributed by atoms with Crippen LogP contribution >= 0.6 is 0 Å². The highest BCUT2D eigenvalue weighted by atomic mass is 32.2. The molecule has 0 amide bonds. The second-order valence-corrected chi connectivity index (χ2v) is 9.69. The van der Waals surface area contributed by atoms with E-state index in [1.54, 1.807) is 6.07 Å². The fourth-order valence-electron chi connectivity index (χ4n) is 3.90. The number of aryl methyl sites for hydroxylation is 2. The fraction of sp³-hybridized carbons (Fsp3) is 0.318. The van der Waals surface area contributed by atoms with E-state index in [4.69, 9.17) is 4.98 Å². The molecule has 2 aromatic heterocycles. The Kier molecular flexibility index (Phi) is 4.28. The van der Waals surface area contributed by atoms with Crippen molar-refractivity contribution in [3.8, 4) is 0 Å². The summed E-state index contributed by atoms with van der Waals surface area (Å²) in [5.74, 6) is 1.56. The molecule has 1 saturated carbocycles. The summed E-state index contributed by atoms with van der Waals surface area (Å²) in [6.07, 6.45) is 2.15. The number of anilines is 1. The molecular formula is C22H23N5O2S. The summed E-state index contributed by atoms with van der Waals surface area (Å²) < 4.78 is 30.7. The van der Waals surface area contributed by atoms with Gasteiger partial charge in [-0.3, -0.25) is 4.40 Å². The molecule has 1 aliphatic rings. The summed E-state index contributed by atoms with van der Waals surface area (Å²) in [6, 6.07) is 13.2. The normalized spacial score (nSPS) is 14.5. The lowest BCUT2D eigenvalue weighted by Crippen LogP contribution is -2.32. The van der Waals surface area contributed by atoms with Crippen molar-refractivity contribution in [2.45, 2.75) is 44.4 Å². The van der Waals surface area contributed by atoms with Crippen molar-refractivity contribution >= 4 is 32.5 Å². The van der Waals surface area contributed by atoms with Crippen molar-refractivity contribution in [3.05, 3.63) is 59.4 Å². The maximum absolute atomic E-state index is 13.7. The molecule has 2 aromatic carbocycles. The van der Waals surface area contributed by atoms with Gasteiger partial charge in [0.05, 0.1) is 15.9 Å². The lowest BCUT2D eigenvalue weighted by atomic mass is 10.2. The average Bonchev–Trinajstić information content (AvgIpc) is 3.48. The third-order valence-corrected chi connectivity index (χ3v) is 7.62.